The van der Waals surface area contributed by atoms with E-state index in [2.05, 4.69) is 10.6 Å². The van der Waals surface area contributed by atoms with Crippen molar-refractivity contribution in [2.45, 2.75) is 32.1 Å². The first kappa shape index (κ1) is 20.6. The molecule has 0 atom stereocenters. The Balaban J connectivity index is 1.67. The molecule has 0 fully saturated rings. The second-order valence-electron chi connectivity index (χ2n) is 7.38. The quantitative estimate of drug-likeness (QED) is 0.395. The number of benzene rings is 2. The molecule has 1 aliphatic rings. The molecule has 1 aromatic heterocycles. The zero-order valence-electron chi connectivity index (χ0n) is 16.8. The third kappa shape index (κ3) is 4.44. The molecule has 0 radical (unpaired) electrons. The second kappa shape index (κ2) is 9.02. The number of nitriles is 1. The van der Waals surface area contributed by atoms with E-state index in [1.165, 1.54) is 17.4 Å². The van der Waals surface area contributed by atoms with Crippen molar-refractivity contribution >= 4 is 33.8 Å². The minimum Gasteiger partial charge on any atom is -0.506 e. The molecule has 0 bridgehead atoms. The molecule has 0 aliphatic heterocycles. The number of aromatic hydroxyl groups is 1. The normalized spacial score (nSPS) is 12.9. The lowest BCUT2D eigenvalue weighted by atomic mass is 10.0. The number of nitrogens with zero attached hydrogens (tertiary/aromatic N) is 1. The van der Waals surface area contributed by atoms with Gasteiger partial charge in [0.15, 0.2) is 0 Å². The average Bonchev–Trinajstić information content (AvgIpc) is 2.95. The van der Waals surface area contributed by atoms with Crippen LogP contribution >= 0.6 is 11.3 Å². The van der Waals surface area contributed by atoms with Crippen molar-refractivity contribution in [1.82, 2.24) is 0 Å². The maximum atomic E-state index is 13.2. The van der Waals surface area contributed by atoms with E-state index in [4.69, 9.17) is 5.26 Å². The van der Waals surface area contributed by atoms with Crippen molar-refractivity contribution in [3.8, 4) is 11.8 Å². The van der Waals surface area contributed by atoms with Gasteiger partial charge in [-0.25, -0.2) is 0 Å². The number of phenolic OH excluding ortho intramolecular Hbond substituents is 1. The van der Waals surface area contributed by atoms with Crippen molar-refractivity contribution in [3.63, 3.8) is 0 Å². The van der Waals surface area contributed by atoms with Gasteiger partial charge in [-0.2, -0.15) is 5.26 Å². The number of fused-ring (bicyclic) bond motifs is 1. The highest BCUT2D eigenvalue weighted by Crippen LogP contribution is 2.38. The molecule has 0 saturated heterocycles. The van der Waals surface area contributed by atoms with E-state index in [1.807, 2.05) is 6.07 Å². The number of amides is 2. The average molecular weight is 432 g/mol. The summed E-state index contributed by atoms with van der Waals surface area (Å²) in [7, 11) is 0. The van der Waals surface area contributed by atoms with Gasteiger partial charge in [-0.15, -0.1) is 11.3 Å². The van der Waals surface area contributed by atoms with E-state index >= 15 is 0 Å². The molecule has 3 N–H and O–H groups in total. The van der Waals surface area contributed by atoms with Crippen LogP contribution in [0.15, 0.2) is 48.5 Å². The van der Waals surface area contributed by atoms with Gasteiger partial charge in [0.2, 0.25) is 0 Å². The number of hydrogen-bond acceptors (Lipinski definition) is 5. The van der Waals surface area contributed by atoms with E-state index in [0.717, 1.165) is 42.5 Å². The predicted molar refractivity (Wildman–Crippen MR) is 121 cm³/mol. The Morgan fingerprint density at radius 3 is 2.42 bits per heavy atom. The Kier molecular flexibility index (Phi) is 6.01. The molecular weight excluding hydrogens is 410 g/mol. The highest BCUT2D eigenvalue weighted by molar-refractivity contribution is 7.17. The van der Waals surface area contributed by atoms with Crippen LogP contribution in [0, 0.1) is 11.3 Å². The number of para-hydroxylation sites is 2. The number of carbonyl (C=O) groups is 2. The van der Waals surface area contributed by atoms with Gasteiger partial charge in [0, 0.05) is 10.4 Å². The van der Waals surface area contributed by atoms with Crippen LogP contribution < -0.4 is 10.6 Å². The Hall–Kier alpha value is -3.63. The van der Waals surface area contributed by atoms with Gasteiger partial charge in [0.05, 0.1) is 22.9 Å². The minimum absolute atomic E-state index is 0.0136. The zero-order valence-corrected chi connectivity index (χ0v) is 17.6. The fourth-order valence-electron chi connectivity index (χ4n) is 3.71. The Labute approximate surface area is 184 Å². The van der Waals surface area contributed by atoms with E-state index in [1.54, 1.807) is 42.5 Å². The maximum absolute atomic E-state index is 13.2. The Morgan fingerprint density at radius 2 is 1.68 bits per heavy atom. The lowest BCUT2D eigenvalue weighted by Crippen LogP contribution is -2.18. The van der Waals surface area contributed by atoms with Crippen molar-refractivity contribution < 1.29 is 14.7 Å². The standard InChI is InChI=1S/C24H21N3O3S/c25-14-15-10-12-16(13-11-15)22(29)27-24-21(17-6-2-1-3-9-20(17)31-24)23(30)26-18-7-4-5-8-19(18)28/h4-5,7-8,10-13,28H,1-3,6,9H2,(H,26,30)(H,27,29). The number of aryl methyl sites for hydroxylation is 1. The van der Waals surface area contributed by atoms with E-state index in [0.29, 0.717) is 27.4 Å². The third-order valence-corrected chi connectivity index (χ3v) is 6.51. The van der Waals surface area contributed by atoms with Gasteiger partial charge < -0.3 is 15.7 Å². The molecule has 0 unspecified atom stereocenters. The Bertz CT molecular complexity index is 1180. The summed E-state index contributed by atoms with van der Waals surface area (Å²) in [6.45, 7) is 0. The van der Waals surface area contributed by atoms with Crippen LogP contribution in [0.2, 0.25) is 0 Å². The van der Waals surface area contributed by atoms with E-state index in [-0.39, 0.29) is 17.6 Å². The highest BCUT2D eigenvalue weighted by atomic mass is 32.1. The fraction of sp³-hybridized carbons (Fsp3) is 0.208. The highest BCUT2D eigenvalue weighted by Gasteiger charge is 2.26. The van der Waals surface area contributed by atoms with E-state index < -0.39 is 0 Å². The fourth-order valence-corrected chi connectivity index (χ4v) is 4.99. The molecule has 0 saturated carbocycles. The summed E-state index contributed by atoms with van der Waals surface area (Å²) in [6, 6.07) is 15.0. The number of hydrogen-bond donors (Lipinski definition) is 3. The van der Waals surface area contributed by atoms with Gasteiger partial charge in [-0.1, -0.05) is 18.6 Å². The first-order valence-electron chi connectivity index (χ1n) is 10.1. The van der Waals surface area contributed by atoms with Crippen LogP contribution in [0.5, 0.6) is 5.75 Å². The van der Waals surface area contributed by atoms with Crippen LogP contribution in [0.3, 0.4) is 0 Å². The smallest absolute Gasteiger partial charge is 0.259 e. The molecule has 31 heavy (non-hydrogen) atoms. The molecule has 1 aliphatic carbocycles. The molecule has 4 rings (SSSR count). The first-order valence-corrected chi connectivity index (χ1v) is 10.9. The second-order valence-corrected chi connectivity index (χ2v) is 8.49. The monoisotopic (exact) mass is 431 g/mol. The van der Waals surface area contributed by atoms with Crippen LogP contribution in [0.4, 0.5) is 10.7 Å². The van der Waals surface area contributed by atoms with Gasteiger partial charge in [-0.3, -0.25) is 9.59 Å². The molecule has 0 spiro atoms. The van der Waals surface area contributed by atoms with Crippen LogP contribution in [0.25, 0.3) is 0 Å². The summed E-state index contributed by atoms with van der Waals surface area (Å²) in [4.78, 5) is 27.2. The summed E-state index contributed by atoms with van der Waals surface area (Å²) in [5, 5.41) is 25.2. The minimum atomic E-state index is -0.351. The summed E-state index contributed by atoms with van der Waals surface area (Å²) in [6.07, 6.45) is 4.81. The number of carbonyl (C=O) groups excluding carboxylic acids is 2. The van der Waals surface area contributed by atoms with Gasteiger partial charge in [0.1, 0.15) is 10.8 Å². The molecule has 156 valence electrons. The number of thiophene rings is 1. The van der Waals surface area contributed by atoms with Crippen molar-refractivity contribution in [2.75, 3.05) is 10.6 Å². The lowest BCUT2D eigenvalue weighted by molar-refractivity contribution is 0.102. The van der Waals surface area contributed by atoms with Gasteiger partial charge in [-0.05, 0) is 67.6 Å². The molecule has 2 aromatic carbocycles. The number of nitrogens with one attached hydrogen (secondary N) is 2. The predicted octanol–water partition coefficient (Wildman–Crippen LogP) is 5.10. The Morgan fingerprint density at radius 1 is 0.935 bits per heavy atom. The molecule has 7 heteroatoms. The topological polar surface area (TPSA) is 102 Å². The summed E-state index contributed by atoms with van der Waals surface area (Å²) in [5.74, 6) is -0.700. The third-order valence-electron chi connectivity index (χ3n) is 5.30. The van der Waals surface area contributed by atoms with Crippen LogP contribution in [-0.4, -0.2) is 16.9 Å². The van der Waals surface area contributed by atoms with Gasteiger partial charge in [0.25, 0.3) is 11.8 Å². The summed E-state index contributed by atoms with van der Waals surface area (Å²) < 4.78 is 0. The largest absolute Gasteiger partial charge is 0.506 e. The van der Waals surface area contributed by atoms with Gasteiger partial charge >= 0.3 is 0 Å². The molecule has 6 nitrogen and oxygen atoms in total. The van der Waals surface area contributed by atoms with Crippen molar-refractivity contribution in [3.05, 3.63) is 75.7 Å². The van der Waals surface area contributed by atoms with E-state index in [9.17, 15) is 14.7 Å². The number of anilines is 2. The summed E-state index contributed by atoms with van der Waals surface area (Å²) >= 11 is 1.44. The van der Waals surface area contributed by atoms with Crippen molar-refractivity contribution in [2.24, 2.45) is 0 Å². The number of rotatable bonds is 4. The zero-order chi connectivity index (χ0) is 21.8. The lowest BCUT2D eigenvalue weighted by Gasteiger charge is -2.11. The molecular formula is C24H21N3O3S. The SMILES string of the molecule is N#Cc1ccc(C(=O)Nc2sc3c(c2C(=O)Nc2ccccc2O)CCCCC3)cc1. The molecule has 2 amide bonds. The summed E-state index contributed by atoms with van der Waals surface area (Å²) in [5.41, 5.74) is 2.65. The molecule has 3 aromatic rings. The van der Waals surface area contributed by atoms with Crippen LogP contribution in [0.1, 0.15) is 56.0 Å². The number of phenols is 1. The molecule has 1 heterocycles. The van der Waals surface area contributed by atoms with Crippen LogP contribution in [-0.2, 0) is 12.8 Å². The van der Waals surface area contributed by atoms with Crippen molar-refractivity contribution in [1.29, 1.82) is 5.26 Å². The first-order chi connectivity index (χ1) is 15.1. The maximum Gasteiger partial charge on any atom is 0.259 e.